The van der Waals surface area contributed by atoms with Gasteiger partial charge in [-0.1, -0.05) is 15.9 Å². The monoisotopic (exact) mass is 294 g/mol. The lowest BCUT2D eigenvalue weighted by Gasteiger charge is -2.26. The summed E-state index contributed by atoms with van der Waals surface area (Å²) >= 11 is 3.15. The number of ether oxygens (including phenoxy) is 1. The van der Waals surface area contributed by atoms with Crippen molar-refractivity contribution in [2.24, 2.45) is 0 Å². The van der Waals surface area contributed by atoms with E-state index in [1.165, 1.54) is 12.1 Å². The molecule has 0 spiro atoms. The number of benzene rings is 1. The van der Waals surface area contributed by atoms with Crippen molar-refractivity contribution in [2.75, 3.05) is 0 Å². The molecule has 1 aliphatic rings. The van der Waals surface area contributed by atoms with E-state index in [2.05, 4.69) is 20.7 Å². The molecule has 1 aliphatic heterocycles. The first-order chi connectivity index (χ1) is 7.38. The molecule has 0 N–H and O–H groups in total. The van der Waals surface area contributed by atoms with E-state index in [4.69, 9.17) is 0 Å². The van der Waals surface area contributed by atoms with Gasteiger partial charge in [0.25, 0.3) is 0 Å². The molecule has 86 valence electrons. The Labute approximate surface area is 97.5 Å². The van der Waals surface area contributed by atoms with Gasteiger partial charge in [0.15, 0.2) is 0 Å². The van der Waals surface area contributed by atoms with Gasteiger partial charge in [-0.2, -0.15) is 13.2 Å². The summed E-state index contributed by atoms with van der Waals surface area (Å²) in [4.78, 5) is 11.3. The number of cyclic esters (lactones) is 1. The van der Waals surface area contributed by atoms with E-state index >= 15 is 0 Å². The molecule has 0 aromatic heterocycles. The van der Waals surface area contributed by atoms with Crippen molar-refractivity contribution in [3.05, 3.63) is 33.8 Å². The van der Waals surface area contributed by atoms with E-state index in [1.54, 1.807) is 6.07 Å². The highest BCUT2D eigenvalue weighted by molar-refractivity contribution is 9.10. The summed E-state index contributed by atoms with van der Waals surface area (Å²) in [6.45, 7) is 0. The predicted octanol–water partition coefficient (Wildman–Crippen LogP) is 3.09. The molecule has 0 saturated carbocycles. The molecule has 0 saturated heterocycles. The summed E-state index contributed by atoms with van der Waals surface area (Å²) in [6.07, 6.45) is -6.89. The lowest BCUT2D eigenvalue weighted by Crippen LogP contribution is -2.39. The highest BCUT2D eigenvalue weighted by Crippen LogP contribution is 2.32. The van der Waals surface area contributed by atoms with Crippen molar-refractivity contribution in [2.45, 2.75) is 18.7 Å². The summed E-state index contributed by atoms with van der Waals surface area (Å²) in [5.41, 5.74) is 0.552. The van der Waals surface area contributed by atoms with Crippen LogP contribution in [0.1, 0.15) is 15.9 Å². The number of hydrogen-bond donors (Lipinski definition) is 0. The normalized spacial score (nSPS) is 20.2. The Morgan fingerprint density at radius 1 is 1.38 bits per heavy atom. The molecule has 0 bridgehead atoms. The second-order valence-electron chi connectivity index (χ2n) is 3.44. The molecular formula is C10H6BrF3O2. The SMILES string of the molecule is O=C1OC(C(F)(F)F)Cc2cc(Br)ccc21. The molecule has 0 amide bonds. The number of carbonyl (C=O) groups is 1. The predicted molar refractivity (Wildman–Crippen MR) is 53.1 cm³/mol. The minimum absolute atomic E-state index is 0.198. The molecule has 0 radical (unpaired) electrons. The van der Waals surface area contributed by atoms with E-state index in [-0.39, 0.29) is 12.0 Å². The van der Waals surface area contributed by atoms with Crippen molar-refractivity contribution >= 4 is 21.9 Å². The minimum atomic E-state index is -4.52. The molecule has 2 nitrogen and oxygen atoms in total. The molecule has 2 rings (SSSR count). The van der Waals surface area contributed by atoms with E-state index < -0.39 is 18.2 Å². The fraction of sp³-hybridized carbons (Fsp3) is 0.300. The number of carbonyl (C=O) groups excluding carboxylic acids is 1. The highest BCUT2D eigenvalue weighted by Gasteiger charge is 2.45. The Kier molecular flexibility index (Phi) is 2.69. The minimum Gasteiger partial charge on any atom is -0.449 e. The molecule has 1 heterocycles. The lowest BCUT2D eigenvalue weighted by molar-refractivity contribution is -0.205. The molecule has 6 heteroatoms. The van der Waals surface area contributed by atoms with Gasteiger partial charge in [0.05, 0.1) is 5.56 Å². The molecular weight excluding hydrogens is 289 g/mol. The highest BCUT2D eigenvalue weighted by atomic mass is 79.9. The van der Waals surface area contributed by atoms with E-state index in [0.717, 1.165) is 0 Å². The van der Waals surface area contributed by atoms with Crippen LogP contribution in [0.2, 0.25) is 0 Å². The van der Waals surface area contributed by atoms with Gasteiger partial charge in [-0.15, -0.1) is 0 Å². The maximum atomic E-state index is 12.4. The Morgan fingerprint density at radius 3 is 2.69 bits per heavy atom. The van der Waals surface area contributed by atoms with E-state index in [1.807, 2.05) is 0 Å². The number of rotatable bonds is 0. The number of fused-ring (bicyclic) bond motifs is 1. The van der Waals surface area contributed by atoms with E-state index in [0.29, 0.717) is 10.0 Å². The Bertz CT molecular complexity index is 442. The first-order valence-electron chi connectivity index (χ1n) is 4.44. The summed E-state index contributed by atoms with van der Waals surface area (Å²) < 4.78 is 42.2. The van der Waals surface area contributed by atoms with Crippen molar-refractivity contribution < 1.29 is 22.7 Å². The van der Waals surface area contributed by atoms with Gasteiger partial charge in [0.1, 0.15) is 0 Å². The van der Waals surface area contributed by atoms with Crippen LogP contribution in [0.3, 0.4) is 0 Å². The summed E-state index contributed by atoms with van der Waals surface area (Å²) in [6, 6.07) is 4.55. The molecule has 1 atom stereocenters. The number of esters is 1. The standard InChI is InChI=1S/C10H6BrF3O2/c11-6-1-2-7-5(3-6)4-8(10(12,13)14)16-9(7)15/h1-3,8H,4H2. The average molecular weight is 295 g/mol. The number of alkyl halides is 3. The lowest BCUT2D eigenvalue weighted by atomic mass is 9.98. The quantitative estimate of drug-likeness (QED) is 0.687. The molecule has 0 aliphatic carbocycles. The van der Waals surface area contributed by atoms with Gasteiger partial charge >= 0.3 is 12.1 Å². The summed E-state index contributed by atoms with van der Waals surface area (Å²) in [7, 11) is 0. The van der Waals surface area contributed by atoms with E-state index in [9.17, 15) is 18.0 Å². The molecule has 1 aromatic rings. The number of hydrogen-bond acceptors (Lipinski definition) is 2. The van der Waals surface area contributed by atoms with Crippen LogP contribution < -0.4 is 0 Å². The molecule has 0 fully saturated rings. The third-order valence-corrected chi connectivity index (χ3v) is 2.80. The smallest absolute Gasteiger partial charge is 0.425 e. The zero-order valence-electron chi connectivity index (χ0n) is 7.84. The summed E-state index contributed by atoms with van der Waals surface area (Å²) in [5.74, 6) is -0.920. The zero-order chi connectivity index (χ0) is 11.9. The third kappa shape index (κ3) is 2.07. The van der Waals surface area contributed by atoms with Crippen molar-refractivity contribution in [3.8, 4) is 0 Å². The Morgan fingerprint density at radius 2 is 2.06 bits per heavy atom. The fourth-order valence-electron chi connectivity index (χ4n) is 1.55. The zero-order valence-corrected chi connectivity index (χ0v) is 9.43. The Balaban J connectivity index is 2.39. The molecule has 16 heavy (non-hydrogen) atoms. The van der Waals surface area contributed by atoms with Gasteiger partial charge in [-0.25, -0.2) is 4.79 Å². The second-order valence-corrected chi connectivity index (χ2v) is 4.36. The van der Waals surface area contributed by atoms with Gasteiger partial charge in [-0.05, 0) is 23.8 Å². The van der Waals surface area contributed by atoms with Crippen molar-refractivity contribution in [1.82, 2.24) is 0 Å². The van der Waals surface area contributed by atoms with Crippen LogP contribution in [-0.2, 0) is 11.2 Å². The second kappa shape index (κ2) is 3.76. The van der Waals surface area contributed by atoms with Crippen LogP contribution in [-0.4, -0.2) is 18.2 Å². The molecule has 1 aromatic carbocycles. The van der Waals surface area contributed by atoms with Crippen LogP contribution in [0.5, 0.6) is 0 Å². The van der Waals surface area contributed by atoms with Crippen LogP contribution in [0.25, 0.3) is 0 Å². The van der Waals surface area contributed by atoms with Crippen LogP contribution in [0, 0.1) is 0 Å². The van der Waals surface area contributed by atoms with Gasteiger partial charge in [-0.3, -0.25) is 0 Å². The van der Waals surface area contributed by atoms with Crippen molar-refractivity contribution in [3.63, 3.8) is 0 Å². The average Bonchev–Trinajstić information content (AvgIpc) is 2.15. The number of halogens is 4. The maximum absolute atomic E-state index is 12.4. The fourth-order valence-corrected chi connectivity index (χ4v) is 1.96. The van der Waals surface area contributed by atoms with Gasteiger partial charge in [0, 0.05) is 10.9 Å². The largest absolute Gasteiger partial charge is 0.449 e. The van der Waals surface area contributed by atoms with Crippen LogP contribution in [0.4, 0.5) is 13.2 Å². The molecule has 1 unspecified atom stereocenters. The van der Waals surface area contributed by atoms with Crippen LogP contribution >= 0.6 is 15.9 Å². The topological polar surface area (TPSA) is 26.3 Å². The maximum Gasteiger partial charge on any atom is 0.425 e. The van der Waals surface area contributed by atoms with Gasteiger partial charge in [0.2, 0.25) is 6.10 Å². The van der Waals surface area contributed by atoms with Gasteiger partial charge < -0.3 is 4.74 Å². The summed E-state index contributed by atoms with van der Waals surface area (Å²) in [5, 5.41) is 0. The Hall–Kier alpha value is -1.04. The third-order valence-electron chi connectivity index (χ3n) is 2.31. The van der Waals surface area contributed by atoms with Crippen LogP contribution in [0.15, 0.2) is 22.7 Å². The van der Waals surface area contributed by atoms with Crippen molar-refractivity contribution in [1.29, 1.82) is 0 Å². The first-order valence-corrected chi connectivity index (χ1v) is 5.23. The first kappa shape index (κ1) is 11.4.